The number of hydrogen-bond donors (Lipinski definition) is 1. The van der Waals surface area contributed by atoms with Crippen LogP contribution in [0.15, 0.2) is 28.8 Å². The molecule has 2 unspecified atom stereocenters. The van der Waals surface area contributed by atoms with Gasteiger partial charge in [-0.15, -0.1) is 13.2 Å². The summed E-state index contributed by atoms with van der Waals surface area (Å²) in [6.45, 7) is 6.21. The van der Waals surface area contributed by atoms with Crippen LogP contribution in [0.1, 0.15) is 39.1 Å². The minimum absolute atomic E-state index is 0.0241. The van der Waals surface area contributed by atoms with Gasteiger partial charge in [0.2, 0.25) is 17.6 Å². The van der Waals surface area contributed by atoms with Gasteiger partial charge in [-0.1, -0.05) is 25.9 Å². The highest BCUT2D eigenvalue weighted by molar-refractivity contribution is 5.81. The van der Waals surface area contributed by atoms with Crippen molar-refractivity contribution in [2.45, 2.75) is 45.6 Å². The lowest BCUT2D eigenvalue weighted by Crippen LogP contribution is -2.42. The van der Waals surface area contributed by atoms with E-state index >= 15 is 0 Å². The van der Waals surface area contributed by atoms with Crippen molar-refractivity contribution in [1.29, 1.82) is 0 Å². The van der Waals surface area contributed by atoms with E-state index in [1.807, 2.05) is 32.7 Å². The Hall–Kier alpha value is -2.62. The highest BCUT2D eigenvalue weighted by atomic mass is 19.4. The van der Waals surface area contributed by atoms with Gasteiger partial charge in [0.25, 0.3) is 0 Å². The van der Waals surface area contributed by atoms with Gasteiger partial charge in [0, 0.05) is 23.6 Å². The fraction of sp³-hybridized carbons (Fsp3) is 0.526. The molecule has 0 aliphatic carbocycles. The number of likely N-dealkylation sites (N-methyl/N-ethyl adjacent to an activating group) is 1. The monoisotopic (exact) mass is 412 g/mol. The summed E-state index contributed by atoms with van der Waals surface area (Å²) in [5.41, 5.74) is 0.0313. The quantitative estimate of drug-likeness (QED) is 0.827. The Kier molecular flexibility index (Phi) is 5.57. The maximum atomic E-state index is 12.3. The summed E-state index contributed by atoms with van der Waals surface area (Å²) in [5, 5.41) is 6.97. The lowest BCUT2D eigenvalue weighted by atomic mass is 9.95. The minimum Gasteiger partial charge on any atom is -0.406 e. The number of rotatable bonds is 4. The standard InChI is InChI=1S/C19H23F3N4O3/c1-18(2,3)17(27)23-12-9-14(26(4)10-12)16-24-15(25-29-16)11-5-7-13(8-6-11)28-19(20,21)22/h5-8,12,14H,9-10H2,1-4H3,(H,23,27). The van der Waals surface area contributed by atoms with Crippen LogP contribution < -0.4 is 10.1 Å². The molecule has 3 rings (SSSR count). The number of alkyl halides is 3. The average Bonchev–Trinajstić information content (AvgIpc) is 3.20. The molecule has 1 aromatic carbocycles. The fourth-order valence-electron chi connectivity index (χ4n) is 3.09. The molecule has 7 nitrogen and oxygen atoms in total. The maximum Gasteiger partial charge on any atom is 0.573 e. The van der Waals surface area contributed by atoms with Crippen molar-refractivity contribution in [3.8, 4) is 17.1 Å². The summed E-state index contributed by atoms with van der Waals surface area (Å²) in [4.78, 5) is 18.6. The van der Waals surface area contributed by atoms with E-state index in [-0.39, 0.29) is 29.6 Å². The molecule has 2 aromatic rings. The van der Waals surface area contributed by atoms with Crippen molar-refractivity contribution in [2.24, 2.45) is 5.41 Å². The largest absolute Gasteiger partial charge is 0.573 e. The third kappa shape index (κ3) is 5.26. The molecule has 0 bridgehead atoms. The fourth-order valence-corrected chi connectivity index (χ4v) is 3.09. The first-order valence-corrected chi connectivity index (χ1v) is 9.13. The van der Waals surface area contributed by atoms with Crippen molar-refractivity contribution in [2.75, 3.05) is 13.6 Å². The molecule has 0 spiro atoms. The van der Waals surface area contributed by atoms with E-state index in [0.29, 0.717) is 24.4 Å². The molecule has 1 aromatic heterocycles. The molecule has 29 heavy (non-hydrogen) atoms. The number of nitrogens with zero attached hydrogens (tertiary/aromatic N) is 3. The zero-order valence-corrected chi connectivity index (χ0v) is 16.6. The van der Waals surface area contributed by atoms with E-state index in [0.717, 1.165) is 0 Å². The van der Waals surface area contributed by atoms with Gasteiger partial charge in [-0.2, -0.15) is 4.98 Å². The van der Waals surface area contributed by atoms with E-state index in [9.17, 15) is 18.0 Å². The van der Waals surface area contributed by atoms with Crippen molar-refractivity contribution >= 4 is 5.91 Å². The van der Waals surface area contributed by atoms with Crippen molar-refractivity contribution in [3.63, 3.8) is 0 Å². The van der Waals surface area contributed by atoms with Crippen LogP contribution in [0, 0.1) is 5.41 Å². The number of amides is 1. The predicted molar refractivity (Wildman–Crippen MR) is 97.8 cm³/mol. The summed E-state index contributed by atoms with van der Waals surface area (Å²) in [6.07, 6.45) is -4.12. The number of likely N-dealkylation sites (tertiary alicyclic amines) is 1. The van der Waals surface area contributed by atoms with Gasteiger partial charge in [-0.3, -0.25) is 9.69 Å². The zero-order valence-electron chi connectivity index (χ0n) is 16.6. The zero-order chi connectivity index (χ0) is 21.4. The molecule has 158 valence electrons. The third-order valence-electron chi connectivity index (χ3n) is 4.64. The second kappa shape index (κ2) is 7.66. The van der Waals surface area contributed by atoms with Gasteiger partial charge in [-0.05, 0) is 37.7 Å². The molecular weight excluding hydrogens is 389 g/mol. The van der Waals surface area contributed by atoms with Crippen LogP contribution in [0.3, 0.4) is 0 Å². The van der Waals surface area contributed by atoms with Crippen molar-refractivity contribution < 1.29 is 27.2 Å². The average molecular weight is 412 g/mol. The lowest BCUT2D eigenvalue weighted by Gasteiger charge is -2.21. The molecule has 10 heteroatoms. The number of hydrogen-bond acceptors (Lipinski definition) is 6. The van der Waals surface area contributed by atoms with Crippen LogP contribution in [0.2, 0.25) is 0 Å². The van der Waals surface area contributed by atoms with Crippen LogP contribution in [-0.2, 0) is 4.79 Å². The molecular formula is C19H23F3N4O3. The number of ether oxygens (including phenoxy) is 1. The molecule has 2 heterocycles. The van der Waals surface area contributed by atoms with Crippen molar-refractivity contribution in [1.82, 2.24) is 20.4 Å². The number of nitrogens with one attached hydrogen (secondary N) is 1. The first-order chi connectivity index (χ1) is 13.4. The summed E-state index contributed by atoms with van der Waals surface area (Å²) in [5.74, 6) is 0.321. The first-order valence-electron chi connectivity index (χ1n) is 9.13. The highest BCUT2D eigenvalue weighted by Crippen LogP contribution is 2.32. The van der Waals surface area contributed by atoms with E-state index < -0.39 is 11.8 Å². The molecule has 1 aliphatic heterocycles. The number of aromatic nitrogens is 2. The number of carbonyl (C=O) groups excluding carboxylic acids is 1. The molecule has 0 saturated carbocycles. The summed E-state index contributed by atoms with van der Waals surface area (Å²) >= 11 is 0. The Morgan fingerprint density at radius 1 is 1.24 bits per heavy atom. The number of halogens is 3. The molecule has 1 N–H and O–H groups in total. The molecule has 1 fully saturated rings. The van der Waals surface area contributed by atoms with Gasteiger partial charge >= 0.3 is 6.36 Å². The van der Waals surface area contributed by atoms with Gasteiger partial charge in [0.1, 0.15) is 5.75 Å². The molecule has 0 radical (unpaired) electrons. The van der Waals surface area contributed by atoms with Gasteiger partial charge < -0.3 is 14.6 Å². The third-order valence-corrected chi connectivity index (χ3v) is 4.64. The van der Waals surface area contributed by atoms with E-state index in [1.54, 1.807) is 0 Å². The smallest absolute Gasteiger partial charge is 0.406 e. The Labute approximate surface area is 166 Å². The van der Waals surface area contributed by atoms with Crippen LogP contribution >= 0.6 is 0 Å². The summed E-state index contributed by atoms with van der Waals surface area (Å²) in [6, 6.07) is 5.05. The van der Waals surface area contributed by atoms with Gasteiger partial charge in [0.15, 0.2) is 0 Å². The molecule has 1 saturated heterocycles. The van der Waals surface area contributed by atoms with Crippen LogP contribution in [0.5, 0.6) is 5.75 Å². The van der Waals surface area contributed by atoms with E-state index in [2.05, 4.69) is 20.2 Å². The Morgan fingerprint density at radius 3 is 2.48 bits per heavy atom. The maximum absolute atomic E-state index is 12.3. The summed E-state index contributed by atoms with van der Waals surface area (Å²) < 4.78 is 46.0. The van der Waals surface area contributed by atoms with Gasteiger partial charge in [-0.25, -0.2) is 0 Å². The van der Waals surface area contributed by atoms with Crippen LogP contribution in [0.4, 0.5) is 13.2 Å². The van der Waals surface area contributed by atoms with Crippen molar-refractivity contribution in [3.05, 3.63) is 30.2 Å². The normalized spacial score (nSPS) is 20.7. The Bertz CT molecular complexity index is 859. The number of benzene rings is 1. The molecule has 1 amide bonds. The minimum atomic E-state index is -4.74. The SMILES string of the molecule is CN1CC(NC(=O)C(C)(C)C)CC1c1nc(-c2ccc(OC(F)(F)F)cc2)no1. The lowest BCUT2D eigenvalue weighted by molar-refractivity contribution is -0.274. The molecule has 1 aliphatic rings. The second-order valence-corrected chi connectivity index (χ2v) is 8.14. The summed E-state index contributed by atoms with van der Waals surface area (Å²) in [7, 11) is 1.90. The van der Waals surface area contributed by atoms with E-state index in [1.165, 1.54) is 24.3 Å². The Morgan fingerprint density at radius 2 is 1.90 bits per heavy atom. The van der Waals surface area contributed by atoms with Crippen LogP contribution in [0.25, 0.3) is 11.4 Å². The topological polar surface area (TPSA) is 80.5 Å². The first kappa shape index (κ1) is 21.1. The predicted octanol–water partition coefficient (Wildman–Crippen LogP) is 3.54. The van der Waals surface area contributed by atoms with E-state index in [4.69, 9.17) is 4.52 Å². The Balaban J connectivity index is 1.67. The van der Waals surface area contributed by atoms with Gasteiger partial charge in [0.05, 0.1) is 6.04 Å². The number of carbonyl (C=O) groups is 1. The second-order valence-electron chi connectivity index (χ2n) is 8.14. The van der Waals surface area contributed by atoms with Crippen LogP contribution in [-0.4, -0.2) is 46.9 Å². The highest BCUT2D eigenvalue weighted by Gasteiger charge is 2.36. The molecule has 2 atom stereocenters.